The Labute approximate surface area is 164 Å². The van der Waals surface area contributed by atoms with Crippen LogP contribution in [0.1, 0.15) is 26.3 Å². The van der Waals surface area contributed by atoms with Crippen molar-refractivity contribution in [1.29, 1.82) is 0 Å². The van der Waals surface area contributed by atoms with Crippen LogP contribution in [0, 0.1) is 11.2 Å². The van der Waals surface area contributed by atoms with Crippen molar-refractivity contribution in [1.82, 2.24) is 0 Å². The standard InChI is InChI=1S/C20H23FN2O4S/c1-4-23-17-9-8-16(11-18(17)27-13-20(2,3)19(23)24)22-28(25,26)12-14-6-5-7-15(21)10-14/h5-11,22H,4,12-13H2,1-3H3. The Morgan fingerprint density at radius 3 is 2.64 bits per heavy atom. The number of amides is 1. The van der Waals surface area contributed by atoms with E-state index in [2.05, 4.69) is 4.72 Å². The number of sulfonamides is 1. The fourth-order valence-corrected chi connectivity index (χ4v) is 4.26. The van der Waals surface area contributed by atoms with Crippen LogP contribution in [-0.4, -0.2) is 27.5 Å². The van der Waals surface area contributed by atoms with Crippen molar-refractivity contribution < 1.29 is 22.3 Å². The molecule has 0 radical (unpaired) electrons. The summed E-state index contributed by atoms with van der Waals surface area (Å²) in [5.41, 5.74) is 0.582. The first-order chi connectivity index (χ1) is 13.1. The van der Waals surface area contributed by atoms with E-state index in [9.17, 15) is 17.6 Å². The molecule has 3 rings (SSSR count). The number of rotatable bonds is 5. The molecule has 0 bridgehead atoms. The van der Waals surface area contributed by atoms with Gasteiger partial charge in [-0.3, -0.25) is 9.52 Å². The van der Waals surface area contributed by atoms with Gasteiger partial charge < -0.3 is 9.64 Å². The zero-order chi connectivity index (χ0) is 20.5. The van der Waals surface area contributed by atoms with Crippen molar-refractivity contribution in [2.75, 3.05) is 22.8 Å². The van der Waals surface area contributed by atoms with Gasteiger partial charge >= 0.3 is 0 Å². The minimum Gasteiger partial charge on any atom is -0.490 e. The maximum atomic E-state index is 13.3. The Morgan fingerprint density at radius 2 is 1.96 bits per heavy atom. The Balaban J connectivity index is 1.86. The number of hydrogen-bond acceptors (Lipinski definition) is 4. The number of carbonyl (C=O) groups excluding carboxylic acids is 1. The zero-order valence-corrected chi connectivity index (χ0v) is 16.8. The van der Waals surface area contributed by atoms with Gasteiger partial charge in [0.2, 0.25) is 15.9 Å². The second-order valence-corrected chi connectivity index (χ2v) is 9.12. The molecule has 0 spiro atoms. The molecule has 0 unspecified atom stereocenters. The topological polar surface area (TPSA) is 75.7 Å². The fraction of sp³-hybridized carbons (Fsp3) is 0.350. The van der Waals surface area contributed by atoms with Gasteiger partial charge in [-0.2, -0.15) is 0 Å². The maximum absolute atomic E-state index is 13.3. The smallest absolute Gasteiger partial charge is 0.236 e. The Morgan fingerprint density at radius 1 is 1.21 bits per heavy atom. The van der Waals surface area contributed by atoms with E-state index in [0.29, 0.717) is 29.2 Å². The van der Waals surface area contributed by atoms with Gasteiger partial charge in [0, 0.05) is 12.6 Å². The molecule has 8 heteroatoms. The largest absolute Gasteiger partial charge is 0.490 e. The van der Waals surface area contributed by atoms with Gasteiger partial charge in [-0.1, -0.05) is 12.1 Å². The summed E-state index contributed by atoms with van der Waals surface area (Å²) in [6.07, 6.45) is 0. The van der Waals surface area contributed by atoms with Crippen molar-refractivity contribution in [2.45, 2.75) is 26.5 Å². The molecule has 28 heavy (non-hydrogen) atoms. The first-order valence-corrected chi connectivity index (χ1v) is 10.6. The van der Waals surface area contributed by atoms with E-state index < -0.39 is 21.3 Å². The van der Waals surface area contributed by atoms with Crippen LogP contribution in [0.3, 0.4) is 0 Å². The van der Waals surface area contributed by atoms with Gasteiger partial charge in [-0.15, -0.1) is 0 Å². The third kappa shape index (κ3) is 4.27. The molecule has 2 aromatic rings. The lowest BCUT2D eigenvalue weighted by atomic mass is 9.93. The van der Waals surface area contributed by atoms with E-state index in [-0.39, 0.29) is 18.3 Å². The van der Waals surface area contributed by atoms with Crippen LogP contribution in [-0.2, 0) is 20.6 Å². The van der Waals surface area contributed by atoms with Gasteiger partial charge in [-0.25, -0.2) is 12.8 Å². The normalized spacial score (nSPS) is 16.1. The molecule has 0 atom stereocenters. The highest BCUT2D eigenvalue weighted by Crippen LogP contribution is 2.38. The van der Waals surface area contributed by atoms with E-state index in [0.717, 1.165) is 0 Å². The van der Waals surface area contributed by atoms with E-state index in [1.54, 1.807) is 29.2 Å². The number of carbonyl (C=O) groups is 1. The zero-order valence-electron chi connectivity index (χ0n) is 16.0. The summed E-state index contributed by atoms with van der Waals surface area (Å²) >= 11 is 0. The molecule has 150 valence electrons. The van der Waals surface area contributed by atoms with Crippen molar-refractivity contribution in [3.05, 3.63) is 53.8 Å². The summed E-state index contributed by atoms with van der Waals surface area (Å²) < 4.78 is 46.5. The lowest BCUT2D eigenvalue weighted by Gasteiger charge is -2.26. The molecule has 1 aliphatic rings. The molecule has 1 amide bonds. The number of halogens is 1. The number of anilines is 2. The molecular weight excluding hydrogens is 383 g/mol. The molecule has 1 N–H and O–H groups in total. The summed E-state index contributed by atoms with van der Waals surface area (Å²) in [5, 5.41) is 0. The highest BCUT2D eigenvalue weighted by Gasteiger charge is 2.37. The van der Waals surface area contributed by atoms with Crippen LogP contribution in [0.4, 0.5) is 15.8 Å². The second kappa shape index (κ2) is 7.43. The van der Waals surface area contributed by atoms with E-state index in [1.807, 2.05) is 20.8 Å². The number of nitrogens with one attached hydrogen (secondary N) is 1. The van der Waals surface area contributed by atoms with Crippen LogP contribution in [0.5, 0.6) is 5.75 Å². The number of ether oxygens (including phenoxy) is 1. The summed E-state index contributed by atoms with van der Waals surface area (Å²) in [7, 11) is -3.75. The number of benzene rings is 2. The predicted molar refractivity (Wildman–Crippen MR) is 106 cm³/mol. The third-order valence-corrected chi connectivity index (χ3v) is 5.76. The molecule has 1 aliphatic heterocycles. The quantitative estimate of drug-likeness (QED) is 0.824. The summed E-state index contributed by atoms with van der Waals surface area (Å²) in [6.45, 7) is 6.16. The van der Waals surface area contributed by atoms with Gasteiger partial charge in [0.15, 0.2) is 0 Å². The summed E-state index contributed by atoms with van der Waals surface area (Å²) in [5.74, 6) is -0.451. The second-order valence-electron chi connectivity index (χ2n) is 7.40. The average molecular weight is 406 g/mol. The van der Waals surface area contributed by atoms with Gasteiger partial charge in [0.1, 0.15) is 18.2 Å². The van der Waals surface area contributed by atoms with Gasteiger partial charge in [-0.05, 0) is 50.6 Å². The highest BCUT2D eigenvalue weighted by molar-refractivity contribution is 7.91. The summed E-state index contributed by atoms with van der Waals surface area (Å²) in [6, 6.07) is 10.3. The predicted octanol–water partition coefficient (Wildman–Crippen LogP) is 3.54. The first-order valence-electron chi connectivity index (χ1n) is 8.95. The number of hydrogen-bond donors (Lipinski definition) is 1. The van der Waals surface area contributed by atoms with Crippen molar-refractivity contribution in [3.63, 3.8) is 0 Å². The highest BCUT2D eigenvalue weighted by atomic mass is 32.2. The molecule has 0 saturated carbocycles. The molecule has 0 aromatic heterocycles. The van der Waals surface area contributed by atoms with E-state index in [4.69, 9.17) is 4.74 Å². The SMILES string of the molecule is CCN1C(=O)C(C)(C)COc2cc(NS(=O)(=O)Cc3cccc(F)c3)ccc21. The lowest BCUT2D eigenvalue weighted by Crippen LogP contribution is -2.42. The van der Waals surface area contributed by atoms with Crippen LogP contribution in [0.2, 0.25) is 0 Å². The van der Waals surface area contributed by atoms with Gasteiger partial charge in [0.25, 0.3) is 0 Å². The van der Waals surface area contributed by atoms with Gasteiger partial charge in [0.05, 0.1) is 22.5 Å². The molecule has 0 fully saturated rings. The minimum absolute atomic E-state index is 0.0480. The van der Waals surface area contributed by atoms with E-state index >= 15 is 0 Å². The van der Waals surface area contributed by atoms with E-state index in [1.165, 1.54) is 18.2 Å². The molecule has 6 nitrogen and oxygen atoms in total. The molecular formula is C20H23FN2O4S. The first kappa shape index (κ1) is 20.1. The van der Waals surface area contributed by atoms with Crippen LogP contribution in [0.15, 0.2) is 42.5 Å². The molecule has 1 heterocycles. The molecule has 0 saturated heterocycles. The number of nitrogens with zero attached hydrogens (tertiary/aromatic N) is 1. The monoisotopic (exact) mass is 406 g/mol. The third-order valence-electron chi connectivity index (χ3n) is 4.50. The average Bonchev–Trinajstić information content (AvgIpc) is 2.69. The van der Waals surface area contributed by atoms with Crippen molar-refractivity contribution >= 4 is 27.3 Å². The van der Waals surface area contributed by atoms with Crippen molar-refractivity contribution in [3.8, 4) is 5.75 Å². The summed E-state index contributed by atoms with van der Waals surface area (Å²) in [4.78, 5) is 14.3. The Kier molecular flexibility index (Phi) is 5.34. The Bertz CT molecular complexity index is 1010. The number of fused-ring (bicyclic) bond motifs is 1. The fourth-order valence-electron chi connectivity index (χ4n) is 3.09. The minimum atomic E-state index is -3.75. The Hall–Kier alpha value is -2.61. The van der Waals surface area contributed by atoms with Crippen LogP contribution in [0.25, 0.3) is 0 Å². The van der Waals surface area contributed by atoms with Crippen LogP contribution < -0.4 is 14.4 Å². The van der Waals surface area contributed by atoms with Crippen molar-refractivity contribution in [2.24, 2.45) is 5.41 Å². The molecule has 0 aliphatic carbocycles. The van der Waals surface area contributed by atoms with Crippen LogP contribution >= 0.6 is 0 Å². The maximum Gasteiger partial charge on any atom is 0.236 e. The lowest BCUT2D eigenvalue weighted by molar-refractivity contribution is -0.127. The molecule has 2 aromatic carbocycles.